The van der Waals surface area contributed by atoms with Gasteiger partial charge in [-0.2, -0.15) is 0 Å². The van der Waals surface area contributed by atoms with Crippen LogP contribution in [0.15, 0.2) is 53.5 Å². The minimum atomic E-state index is -0.464. The monoisotopic (exact) mass is 313 g/mol. The van der Waals surface area contributed by atoms with Crippen molar-refractivity contribution in [3.63, 3.8) is 0 Å². The van der Waals surface area contributed by atoms with Gasteiger partial charge in [0.1, 0.15) is 11.5 Å². The number of rotatable bonds is 6. The molecule has 5 nitrogen and oxygen atoms in total. The van der Waals surface area contributed by atoms with E-state index < -0.39 is 5.97 Å². The minimum Gasteiger partial charge on any atom is -0.497 e. The van der Waals surface area contributed by atoms with Crippen LogP contribution in [-0.4, -0.2) is 32.5 Å². The Bertz CT molecular complexity index is 675. The molecule has 0 saturated carbocycles. The van der Waals surface area contributed by atoms with Gasteiger partial charge in [0.25, 0.3) is 0 Å². The molecular weight excluding hydrogens is 294 g/mol. The first kappa shape index (κ1) is 16.5. The largest absolute Gasteiger partial charge is 0.497 e. The number of hydrogen-bond donors (Lipinski definition) is 0. The molecule has 0 atom stereocenters. The quantitative estimate of drug-likeness (QED) is 0.606. The molecule has 0 unspecified atom stereocenters. The molecule has 0 bridgehead atoms. The molecule has 23 heavy (non-hydrogen) atoms. The molecule has 0 saturated heterocycles. The first-order chi connectivity index (χ1) is 11.2. The van der Waals surface area contributed by atoms with Gasteiger partial charge < -0.3 is 14.2 Å². The molecule has 2 aromatic carbocycles. The van der Waals surface area contributed by atoms with Crippen molar-refractivity contribution in [1.29, 1.82) is 0 Å². The van der Waals surface area contributed by atoms with Crippen LogP contribution in [0.4, 0.5) is 5.69 Å². The fraction of sp³-hybridized carbons (Fsp3) is 0.222. The molecule has 0 N–H and O–H groups in total. The van der Waals surface area contributed by atoms with E-state index in [4.69, 9.17) is 14.2 Å². The Morgan fingerprint density at radius 2 is 1.43 bits per heavy atom. The van der Waals surface area contributed by atoms with Crippen LogP contribution in [0, 0.1) is 0 Å². The van der Waals surface area contributed by atoms with E-state index >= 15 is 0 Å². The Labute approximate surface area is 135 Å². The number of hydrogen-bond acceptors (Lipinski definition) is 5. The van der Waals surface area contributed by atoms with E-state index in [1.54, 1.807) is 69.7 Å². The number of methoxy groups -OCH3 is 2. The molecule has 0 aliphatic heterocycles. The summed E-state index contributed by atoms with van der Waals surface area (Å²) in [7, 11) is 3.19. The number of aliphatic imine (C=N–C) groups is 1. The number of ether oxygens (including phenoxy) is 3. The summed E-state index contributed by atoms with van der Waals surface area (Å²) in [5, 5.41) is 0. The summed E-state index contributed by atoms with van der Waals surface area (Å²) in [5.41, 5.74) is 1.56. The van der Waals surface area contributed by atoms with Crippen LogP contribution in [-0.2, 0) is 9.53 Å². The molecule has 0 radical (unpaired) electrons. The average molecular weight is 313 g/mol. The summed E-state index contributed by atoms with van der Waals surface area (Å²) in [4.78, 5) is 16.6. The van der Waals surface area contributed by atoms with E-state index in [0.29, 0.717) is 17.0 Å². The fourth-order valence-electron chi connectivity index (χ4n) is 1.96. The molecule has 0 amide bonds. The molecule has 2 rings (SSSR count). The first-order valence-corrected chi connectivity index (χ1v) is 7.22. The third kappa shape index (κ3) is 4.32. The summed E-state index contributed by atoms with van der Waals surface area (Å²) in [6.45, 7) is 2.05. The number of carbonyl (C=O) groups excluding carboxylic acids is 1. The van der Waals surface area contributed by atoms with Crippen molar-refractivity contribution < 1.29 is 19.0 Å². The van der Waals surface area contributed by atoms with Crippen LogP contribution in [0.1, 0.15) is 12.5 Å². The number of carbonyl (C=O) groups is 1. The van der Waals surface area contributed by atoms with Crippen LogP contribution in [0.2, 0.25) is 0 Å². The smallest absolute Gasteiger partial charge is 0.357 e. The second-order valence-electron chi connectivity index (χ2n) is 4.61. The molecule has 0 aromatic heterocycles. The van der Waals surface area contributed by atoms with E-state index in [9.17, 15) is 4.79 Å². The molecule has 2 aromatic rings. The maximum atomic E-state index is 12.2. The van der Waals surface area contributed by atoms with Gasteiger partial charge in [0.05, 0.1) is 26.5 Å². The second-order valence-corrected chi connectivity index (χ2v) is 4.61. The highest BCUT2D eigenvalue weighted by Gasteiger charge is 2.15. The van der Waals surface area contributed by atoms with Gasteiger partial charge in [0.15, 0.2) is 5.71 Å². The van der Waals surface area contributed by atoms with Gasteiger partial charge in [0, 0.05) is 5.56 Å². The molecule has 0 fully saturated rings. The third-order valence-electron chi connectivity index (χ3n) is 3.15. The number of esters is 1. The third-order valence-corrected chi connectivity index (χ3v) is 3.15. The van der Waals surface area contributed by atoms with Crippen molar-refractivity contribution >= 4 is 17.4 Å². The van der Waals surface area contributed by atoms with E-state index in [2.05, 4.69) is 4.99 Å². The summed E-state index contributed by atoms with van der Waals surface area (Å²) in [5.74, 6) is 0.973. The molecule has 0 aliphatic carbocycles. The molecule has 5 heteroatoms. The zero-order chi connectivity index (χ0) is 16.7. The number of nitrogens with zero attached hydrogens (tertiary/aromatic N) is 1. The van der Waals surface area contributed by atoms with Gasteiger partial charge >= 0.3 is 5.97 Å². The summed E-state index contributed by atoms with van der Waals surface area (Å²) >= 11 is 0. The maximum absolute atomic E-state index is 12.2. The molecule has 0 spiro atoms. The topological polar surface area (TPSA) is 57.1 Å². The van der Waals surface area contributed by atoms with Crippen molar-refractivity contribution in [3.8, 4) is 11.5 Å². The highest BCUT2D eigenvalue weighted by Crippen LogP contribution is 2.20. The van der Waals surface area contributed by atoms with Gasteiger partial charge in [-0.05, 0) is 55.5 Å². The Balaban J connectivity index is 2.39. The maximum Gasteiger partial charge on any atom is 0.357 e. The van der Waals surface area contributed by atoms with Gasteiger partial charge in [-0.3, -0.25) is 0 Å². The van der Waals surface area contributed by atoms with E-state index in [-0.39, 0.29) is 12.3 Å². The van der Waals surface area contributed by atoms with Crippen LogP contribution in [0.5, 0.6) is 11.5 Å². The van der Waals surface area contributed by atoms with Gasteiger partial charge in [-0.1, -0.05) is 0 Å². The zero-order valence-corrected chi connectivity index (χ0v) is 13.4. The van der Waals surface area contributed by atoms with Crippen molar-refractivity contribution in [3.05, 3.63) is 54.1 Å². The Kier molecular flexibility index (Phi) is 5.74. The van der Waals surface area contributed by atoms with E-state index in [1.807, 2.05) is 0 Å². The molecule has 0 heterocycles. The Morgan fingerprint density at radius 1 is 0.913 bits per heavy atom. The lowest BCUT2D eigenvalue weighted by atomic mass is 10.1. The van der Waals surface area contributed by atoms with E-state index in [0.717, 1.165) is 5.75 Å². The second kappa shape index (κ2) is 7.98. The average Bonchev–Trinajstić information content (AvgIpc) is 2.60. The van der Waals surface area contributed by atoms with Crippen LogP contribution in [0.25, 0.3) is 0 Å². The van der Waals surface area contributed by atoms with Crippen LogP contribution in [0.3, 0.4) is 0 Å². The lowest BCUT2D eigenvalue weighted by Gasteiger charge is -2.08. The lowest BCUT2D eigenvalue weighted by molar-refractivity contribution is -0.134. The molecule has 120 valence electrons. The van der Waals surface area contributed by atoms with Crippen LogP contribution < -0.4 is 9.47 Å². The lowest BCUT2D eigenvalue weighted by Crippen LogP contribution is -2.18. The first-order valence-electron chi connectivity index (χ1n) is 7.22. The highest BCUT2D eigenvalue weighted by molar-refractivity contribution is 6.43. The van der Waals surface area contributed by atoms with Crippen molar-refractivity contribution in [2.45, 2.75) is 6.92 Å². The highest BCUT2D eigenvalue weighted by atomic mass is 16.5. The van der Waals surface area contributed by atoms with Gasteiger partial charge in [-0.25, -0.2) is 9.79 Å². The predicted octanol–water partition coefficient (Wildman–Crippen LogP) is 3.39. The SMILES string of the molecule is CCOC(=O)C(=Nc1ccc(OC)cc1)c1ccc(OC)cc1. The normalized spacial score (nSPS) is 11.0. The van der Waals surface area contributed by atoms with E-state index in [1.165, 1.54) is 0 Å². The molecular formula is C18H19NO4. The summed E-state index contributed by atoms with van der Waals surface area (Å²) in [6.07, 6.45) is 0. The fourth-order valence-corrected chi connectivity index (χ4v) is 1.96. The van der Waals surface area contributed by atoms with Crippen molar-refractivity contribution in [2.75, 3.05) is 20.8 Å². The Hall–Kier alpha value is -2.82. The minimum absolute atomic E-state index is 0.250. The van der Waals surface area contributed by atoms with Crippen molar-refractivity contribution in [1.82, 2.24) is 0 Å². The van der Waals surface area contributed by atoms with Crippen LogP contribution >= 0.6 is 0 Å². The van der Waals surface area contributed by atoms with Gasteiger partial charge in [-0.15, -0.1) is 0 Å². The zero-order valence-electron chi connectivity index (χ0n) is 13.4. The summed E-state index contributed by atoms with van der Waals surface area (Å²) < 4.78 is 15.4. The Morgan fingerprint density at radius 3 is 1.91 bits per heavy atom. The number of benzene rings is 2. The predicted molar refractivity (Wildman–Crippen MR) is 88.8 cm³/mol. The van der Waals surface area contributed by atoms with Crippen molar-refractivity contribution in [2.24, 2.45) is 4.99 Å². The standard InChI is InChI=1S/C18H19NO4/c1-4-23-18(20)17(13-5-9-15(21-2)10-6-13)19-14-7-11-16(22-3)12-8-14/h5-12H,4H2,1-3H3. The summed E-state index contributed by atoms with van der Waals surface area (Å²) in [6, 6.07) is 14.2. The molecule has 0 aliphatic rings. The van der Waals surface area contributed by atoms with Gasteiger partial charge in [0.2, 0.25) is 0 Å².